The van der Waals surface area contributed by atoms with Crippen molar-refractivity contribution in [3.8, 4) is 0 Å². The molecule has 12 heavy (non-hydrogen) atoms. The second-order valence-electron chi connectivity index (χ2n) is 3.38. The van der Waals surface area contributed by atoms with Gasteiger partial charge in [-0.2, -0.15) is 0 Å². The minimum Gasteiger partial charge on any atom is -0.381 e. The first-order valence-corrected chi connectivity index (χ1v) is 5.09. The molecule has 0 saturated carbocycles. The molecule has 0 fully saturated rings. The monoisotopic (exact) mass is 173 g/mol. The van der Waals surface area contributed by atoms with Gasteiger partial charge in [0.15, 0.2) is 0 Å². The summed E-state index contributed by atoms with van der Waals surface area (Å²) in [5.41, 5.74) is 0. The Labute approximate surface area is 76.7 Å². The summed E-state index contributed by atoms with van der Waals surface area (Å²) in [7, 11) is 0. The summed E-state index contributed by atoms with van der Waals surface area (Å²) < 4.78 is 5.44. The molecular weight excluding hydrogens is 150 g/mol. The fourth-order valence-electron chi connectivity index (χ4n) is 1.01. The van der Waals surface area contributed by atoms with Gasteiger partial charge in [0.25, 0.3) is 0 Å². The van der Waals surface area contributed by atoms with Crippen LogP contribution in [0.2, 0.25) is 0 Å². The highest BCUT2D eigenvalue weighted by molar-refractivity contribution is 4.54. The molecule has 0 aromatic carbocycles. The summed E-state index contributed by atoms with van der Waals surface area (Å²) in [6.07, 6.45) is 2.33. The van der Waals surface area contributed by atoms with Gasteiger partial charge in [-0.15, -0.1) is 0 Å². The van der Waals surface area contributed by atoms with Crippen molar-refractivity contribution in [1.29, 1.82) is 0 Å². The molecule has 2 heteroatoms. The van der Waals surface area contributed by atoms with Gasteiger partial charge < -0.3 is 10.1 Å². The molecule has 1 N–H and O–H groups in total. The molecule has 0 heterocycles. The van der Waals surface area contributed by atoms with Crippen LogP contribution in [0, 0.1) is 5.92 Å². The molecule has 0 aromatic rings. The molecule has 1 atom stereocenters. The minimum atomic E-state index is 0.642. The third-order valence-electron chi connectivity index (χ3n) is 1.67. The summed E-state index contributed by atoms with van der Waals surface area (Å²) in [5.74, 6) is 0.642. The molecule has 0 amide bonds. The van der Waals surface area contributed by atoms with Gasteiger partial charge in [0.1, 0.15) is 0 Å². The second kappa shape index (κ2) is 9.01. The van der Waals surface area contributed by atoms with Gasteiger partial charge in [-0.3, -0.25) is 0 Å². The topological polar surface area (TPSA) is 21.3 Å². The fraction of sp³-hybridized carbons (Fsp3) is 1.00. The first-order valence-electron chi connectivity index (χ1n) is 5.09. The van der Waals surface area contributed by atoms with Crippen LogP contribution >= 0.6 is 0 Å². The average Bonchev–Trinajstić information content (AvgIpc) is 2.06. The van der Waals surface area contributed by atoms with E-state index in [9.17, 15) is 0 Å². The number of ether oxygens (including phenoxy) is 1. The van der Waals surface area contributed by atoms with E-state index in [2.05, 4.69) is 26.1 Å². The van der Waals surface area contributed by atoms with Crippen LogP contribution in [0.5, 0.6) is 0 Å². The van der Waals surface area contributed by atoms with Crippen LogP contribution < -0.4 is 5.32 Å². The van der Waals surface area contributed by atoms with E-state index in [1.54, 1.807) is 0 Å². The van der Waals surface area contributed by atoms with Crippen LogP contribution in [0.3, 0.4) is 0 Å². The molecule has 0 bridgehead atoms. The average molecular weight is 173 g/mol. The van der Waals surface area contributed by atoms with Gasteiger partial charge in [-0.25, -0.2) is 0 Å². The Balaban J connectivity index is 3.04. The zero-order valence-electron chi connectivity index (χ0n) is 8.73. The van der Waals surface area contributed by atoms with Crippen molar-refractivity contribution in [2.24, 2.45) is 5.92 Å². The highest BCUT2D eigenvalue weighted by atomic mass is 16.5. The van der Waals surface area contributed by atoms with Crippen molar-refractivity contribution in [3.63, 3.8) is 0 Å². The Kier molecular flexibility index (Phi) is 8.95. The van der Waals surface area contributed by atoms with E-state index in [1.807, 2.05) is 0 Å². The molecule has 0 spiro atoms. The Morgan fingerprint density at radius 1 is 1.25 bits per heavy atom. The van der Waals surface area contributed by atoms with Crippen LogP contribution in [0.4, 0.5) is 0 Å². The molecule has 0 rings (SSSR count). The van der Waals surface area contributed by atoms with Crippen molar-refractivity contribution in [1.82, 2.24) is 5.32 Å². The predicted molar refractivity (Wildman–Crippen MR) is 53.4 cm³/mol. The summed E-state index contributed by atoms with van der Waals surface area (Å²) in [6, 6.07) is 0. The lowest BCUT2D eigenvalue weighted by Crippen LogP contribution is -2.24. The zero-order valence-corrected chi connectivity index (χ0v) is 8.73. The third kappa shape index (κ3) is 8.02. The summed E-state index contributed by atoms with van der Waals surface area (Å²) in [5, 5.41) is 3.38. The number of nitrogens with one attached hydrogen (secondary N) is 1. The summed E-state index contributed by atoms with van der Waals surface area (Å²) in [4.78, 5) is 0. The van der Waals surface area contributed by atoms with Crippen molar-refractivity contribution in [2.45, 2.75) is 33.6 Å². The normalized spacial score (nSPS) is 13.2. The number of rotatable bonds is 8. The van der Waals surface area contributed by atoms with E-state index in [1.165, 1.54) is 6.42 Å². The van der Waals surface area contributed by atoms with Gasteiger partial charge in [-0.1, -0.05) is 20.8 Å². The Bertz CT molecular complexity index is 75.9. The maximum atomic E-state index is 5.44. The first kappa shape index (κ1) is 11.9. The van der Waals surface area contributed by atoms with Gasteiger partial charge in [0.2, 0.25) is 0 Å². The van der Waals surface area contributed by atoms with Crippen LogP contribution in [0.1, 0.15) is 33.6 Å². The summed E-state index contributed by atoms with van der Waals surface area (Å²) in [6.45, 7) is 10.5. The van der Waals surface area contributed by atoms with Gasteiger partial charge >= 0.3 is 0 Å². The number of hydrogen-bond acceptors (Lipinski definition) is 2. The molecule has 0 unspecified atom stereocenters. The van der Waals surface area contributed by atoms with E-state index >= 15 is 0 Å². The molecule has 0 radical (unpaired) electrons. The van der Waals surface area contributed by atoms with E-state index in [4.69, 9.17) is 4.74 Å². The highest BCUT2D eigenvalue weighted by Crippen LogP contribution is 1.94. The molecule has 2 nitrogen and oxygen atoms in total. The maximum Gasteiger partial charge on any atom is 0.0503 e. The van der Waals surface area contributed by atoms with Gasteiger partial charge in [0.05, 0.1) is 6.61 Å². The van der Waals surface area contributed by atoms with E-state index in [0.717, 1.165) is 32.7 Å². The zero-order chi connectivity index (χ0) is 9.23. The lowest BCUT2D eigenvalue weighted by molar-refractivity contribution is 0.105. The SMILES string of the molecule is CCCNC[C@H](C)COCCC. The molecule has 0 aliphatic heterocycles. The van der Waals surface area contributed by atoms with Gasteiger partial charge in [0, 0.05) is 6.61 Å². The van der Waals surface area contributed by atoms with E-state index < -0.39 is 0 Å². The van der Waals surface area contributed by atoms with Crippen molar-refractivity contribution < 1.29 is 4.74 Å². The van der Waals surface area contributed by atoms with Crippen LogP contribution in [0.15, 0.2) is 0 Å². The smallest absolute Gasteiger partial charge is 0.0503 e. The lowest BCUT2D eigenvalue weighted by atomic mass is 10.2. The van der Waals surface area contributed by atoms with E-state index in [0.29, 0.717) is 5.92 Å². The Morgan fingerprint density at radius 3 is 2.58 bits per heavy atom. The molecule has 0 aliphatic carbocycles. The molecule has 0 saturated heterocycles. The predicted octanol–water partition coefficient (Wildman–Crippen LogP) is 2.05. The van der Waals surface area contributed by atoms with Gasteiger partial charge in [-0.05, 0) is 31.8 Å². The molecule has 74 valence electrons. The minimum absolute atomic E-state index is 0.642. The first-order chi connectivity index (χ1) is 5.81. The second-order valence-corrected chi connectivity index (χ2v) is 3.38. The highest BCUT2D eigenvalue weighted by Gasteiger charge is 1.99. The summed E-state index contributed by atoms with van der Waals surface area (Å²) >= 11 is 0. The molecular formula is C10H23NO. The fourth-order valence-corrected chi connectivity index (χ4v) is 1.01. The standard InChI is InChI=1S/C10H23NO/c1-4-6-11-8-10(3)9-12-7-5-2/h10-11H,4-9H2,1-3H3/t10-/m0/s1. The van der Waals surface area contributed by atoms with E-state index in [-0.39, 0.29) is 0 Å². The Hall–Kier alpha value is -0.0800. The van der Waals surface area contributed by atoms with Crippen molar-refractivity contribution >= 4 is 0 Å². The van der Waals surface area contributed by atoms with Crippen LogP contribution in [0.25, 0.3) is 0 Å². The Morgan fingerprint density at radius 2 is 2.00 bits per heavy atom. The molecule has 0 aliphatic rings. The van der Waals surface area contributed by atoms with Crippen LogP contribution in [-0.2, 0) is 4.74 Å². The van der Waals surface area contributed by atoms with Crippen LogP contribution in [-0.4, -0.2) is 26.3 Å². The van der Waals surface area contributed by atoms with Crippen molar-refractivity contribution in [3.05, 3.63) is 0 Å². The maximum absolute atomic E-state index is 5.44. The quantitative estimate of drug-likeness (QED) is 0.567. The largest absolute Gasteiger partial charge is 0.381 e. The lowest BCUT2D eigenvalue weighted by Gasteiger charge is -2.11. The third-order valence-corrected chi connectivity index (χ3v) is 1.67. The molecule has 0 aromatic heterocycles. The number of hydrogen-bond donors (Lipinski definition) is 1. The van der Waals surface area contributed by atoms with Crippen molar-refractivity contribution in [2.75, 3.05) is 26.3 Å².